The maximum absolute atomic E-state index is 13.2. The number of hydrogen-bond donors (Lipinski definition) is 1. The van der Waals surface area contributed by atoms with E-state index in [1.165, 1.54) is 16.7 Å². The van der Waals surface area contributed by atoms with Crippen molar-refractivity contribution in [2.75, 3.05) is 5.32 Å². The maximum atomic E-state index is 13.2. The van der Waals surface area contributed by atoms with E-state index in [0.717, 1.165) is 6.42 Å². The molecule has 1 aromatic heterocycles. The molecule has 1 N–H and O–H groups in total. The molecule has 0 radical (unpaired) electrons. The van der Waals surface area contributed by atoms with Gasteiger partial charge in [-0.15, -0.1) is 0 Å². The van der Waals surface area contributed by atoms with Crippen LogP contribution in [-0.4, -0.2) is 17.9 Å². The summed E-state index contributed by atoms with van der Waals surface area (Å²) in [6.45, 7) is 2.24. The molecule has 2 aromatic carbocycles. The number of nitrogens with zero attached hydrogens (tertiary/aromatic N) is 1. The van der Waals surface area contributed by atoms with Gasteiger partial charge in [0.25, 0.3) is 11.7 Å². The topological polar surface area (TPSA) is 63.2 Å². The fourth-order valence-electron chi connectivity index (χ4n) is 2.97. The Balaban J connectivity index is 2.20. The molecule has 0 aliphatic carbocycles. The molecule has 0 aliphatic rings. The molecule has 162 valence electrons. The molecule has 0 saturated heterocycles. The van der Waals surface area contributed by atoms with Gasteiger partial charge in [0.2, 0.25) is 0 Å². The number of anilines is 1. The Kier molecular flexibility index (Phi) is 6.80. The number of aromatic nitrogens is 1. The van der Waals surface area contributed by atoms with Gasteiger partial charge >= 0.3 is 23.7 Å². The highest BCUT2D eigenvalue weighted by Gasteiger charge is 2.43. The van der Waals surface area contributed by atoms with Gasteiger partial charge in [-0.05, 0) is 24.3 Å². The van der Waals surface area contributed by atoms with Gasteiger partial charge in [0, 0.05) is 17.0 Å². The van der Waals surface area contributed by atoms with Gasteiger partial charge in [-0.2, -0.15) is 17.7 Å². The summed E-state index contributed by atoms with van der Waals surface area (Å²) in [4.78, 5) is 24.9. The third kappa shape index (κ3) is 5.14. The lowest BCUT2D eigenvalue weighted by molar-refractivity contribution is -0.690. The van der Waals surface area contributed by atoms with Crippen LogP contribution in [-0.2, 0) is 11.3 Å². The molecule has 0 spiro atoms. The van der Waals surface area contributed by atoms with E-state index in [4.69, 9.17) is 16.0 Å². The summed E-state index contributed by atoms with van der Waals surface area (Å²) in [5, 5.41) is 2.18. The van der Waals surface area contributed by atoms with E-state index in [-0.39, 0.29) is 17.1 Å². The first-order chi connectivity index (χ1) is 14.7. The summed E-state index contributed by atoms with van der Waals surface area (Å²) in [7, 11) is 0. The van der Waals surface area contributed by atoms with E-state index in [9.17, 15) is 22.8 Å². The van der Waals surface area contributed by atoms with Crippen LogP contribution in [0.5, 0.6) is 0 Å². The Hall–Kier alpha value is -3.13. The summed E-state index contributed by atoms with van der Waals surface area (Å²) in [5.74, 6) is -3.22. The van der Waals surface area contributed by atoms with E-state index >= 15 is 0 Å². The molecule has 1 heterocycles. The zero-order valence-electron chi connectivity index (χ0n) is 16.5. The first-order valence-electron chi connectivity index (χ1n) is 9.53. The smallest absolute Gasteiger partial charge is 0.380 e. The molecule has 0 unspecified atom stereocenters. The van der Waals surface area contributed by atoms with Crippen LogP contribution in [0.1, 0.15) is 35.8 Å². The minimum atomic E-state index is -5.14. The van der Waals surface area contributed by atoms with Crippen molar-refractivity contribution < 1.29 is 31.7 Å². The lowest BCUT2D eigenvalue weighted by Gasteiger charge is -2.05. The van der Waals surface area contributed by atoms with Crippen LogP contribution in [0.3, 0.4) is 0 Å². The predicted molar refractivity (Wildman–Crippen MR) is 109 cm³/mol. The Bertz CT molecular complexity index is 1080. The minimum absolute atomic E-state index is 0.141. The maximum Gasteiger partial charge on any atom is 0.471 e. The predicted octanol–water partition coefficient (Wildman–Crippen LogP) is 5.42. The van der Waals surface area contributed by atoms with Crippen molar-refractivity contribution in [3.05, 3.63) is 70.9 Å². The number of rotatable bonds is 7. The monoisotopic (exact) mass is 451 g/mol. The second-order valence-electron chi connectivity index (χ2n) is 6.74. The van der Waals surface area contributed by atoms with E-state index < -0.39 is 23.8 Å². The van der Waals surface area contributed by atoms with Crippen LogP contribution < -0.4 is 9.88 Å². The number of hydrogen-bond acceptors (Lipinski definition) is 3. The number of unbranched alkanes of at least 4 members (excludes halogenated alkanes) is 1. The van der Waals surface area contributed by atoms with Crippen LogP contribution in [0, 0.1) is 0 Å². The van der Waals surface area contributed by atoms with Crippen molar-refractivity contribution in [2.24, 2.45) is 0 Å². The number of amides is 1. The van der Waals surface area contributed by atoms with Gasteiger partial charge in [-0.1, -0.05) is 55.3 Å². The third-order valence-electron chi connectivity index (χ3n) is 4.49. The van der Waals surface area contributed by atoms with Crippen LogP contribution in [0.4, 0.5) is 19.1 Å². The first kappa shape index (κ1) is 22.6. The van der Waals surface area contributed by atoms with Crippen LogP contribution in [0.15, 0.2) is 59.0 Å². The molecule has 3 aromatic rings. The third-order valence-corrected chi connectivity index (χ3v) is 4.74. The molecule has 3 rings (SSSR count). The second kappa shape index (κ2) is 9.34. The molecule has 5 nitrogen and oxygen atoms in total. The number of benzene rings is 2. The SMILES string of the molecule is CCCC[n+]1c(-c2ccc(Cl)cc2)oc(NC(=O)C(F)(F)F)c1C(=O)c1ccccc1. The fourth-order valence-corrected chi connectivity index (χ4v) is 3.10. The largest absolute Gasteiger partial charge is 0.471 e. The molecule has 9 heteroatoms. The van der Waals surface area contributed by atoms with Crippen LogP contribution in [0.2, 0.25) is 5.02 Å². The summed E-state index contributed by atoms with van der Waals surface area (Å²) >= 11 is 5.93. The van der Waals surface area contributed by atoms with E-state index in [0.29, 0.717) is 23.6 Å². The fraction of sp³-hybridized carbons (Fsp3) is 0.227. The molecule has 31 heavy (non-hydrogen) atoms. The van der Waals surface area contributed by atoms with Crippen molar-refractivity contribution in [1.29, 1.82) is 0 Å². The average molecular weight is 452 g/mol. The zero-order valence-corrected chi connectivity index (χ0v) is 17.3. The molecule has 0 fully saturated rings. The Morgan fingerprint density at radius 3 is 2.29 bits per heavy atom. The minimum Gasteiger partial charge on any atom is -0.380 e. The van der Waals surface area contributed by atoms with Gasteiger partial charge in [-0.25, -0.2) is 0 Å². The highest BCUT2D eigenvalue weighted by Crippen LogP contribution is 2.29. The van der Waals surface area contributed by atoms with E-state index in [1.54, 1.807) is 47.8 Å². The summed E-state index contributed by atoms with van der Waals surface area (Å²) in [6, 6.07) is 14.5. The number of carbonyl (C=O) groups is 2. The summed E-state index contributed by atoms with van der Waals surface area (Å²) in [5.41, 5.74) is 0.580. The normalized spacial score (nSPS) is 11.4. The van der Waals surface area contributed by atoms with Crippen molar-refractivity contribution in [3.63, 3.8) is 0 Å². The Labute approximate surface area is 181 Å². The summed E-state index contributed by atoms with van der Waals surface area (Å²) < 4.78 is 45.9. The average Bonchev–Trinajstić information content (AvgIpc) is 3.10. The Morgan fingerprint density at radius 2 is 1.71 bits per heavy atom. The lowest BCUT2D eigenvalue weighted by atomic mass is 10.1. The highest BCUT2D eigenvalue weighted by molar-refractivity contribution is 6.30. The molecule has 0 aliphatic heterocycles. The van der Waals surface area contributed by atoms with Crippen molar-refractivity contribution in [3.8, 4) is 11.5 Å². The standard InChI is InChI=1S/C22H18ClF3N2O3/c1-2-3-13-28-17(18(29)14-7-5-4-6-8-14)19(27-21(30)22(24,25)26)31-20(28)15-9-11-16(23)12-10-15/h4-12H,2-3,13H2,1H3/p+1. The number of carbonyl (C=O) groups excluding carboxylic acids is 2. The van der Waals surface area contributed by atoms with Gasteiger partial charge < -0.3 is 4.42 Å². The van der Waals surface area contributed by atoms with Crippen molar-refractivity contribution >= 4 is 29.2 Å². The second-order valence-corrected chi connectivity index (χ2v) is 7.18. The Morgan fingerprint density at radius 1 is 1.06 bits per heavy atom. The molecule has 1 amide bonds. The van der Waals surface area contributed by atoms with Crippen LogP contribution in [0.25, 0.3) is 11.5 Å². The van der Waals surface area contributed by atoms with Gasteiger partial charge in [0.1, 0.15) is 0 Å². The number of alkyl halides is 3. The summed E-state index contributed by atoms with van der Waals surface area (Å²) in [6.07, 6.45) is -3.75. The molecule has 0 atom stereocenters. The number of halogens is 4. The lowest BCUT2D eigenvalue weighted by Crippen LogP contribution is -2.41. The van der Waals surface area contributed by atoms with E-state index in [1.807, 2.05) is 6.92 Å². The number of ketones is 1. The van der Waals surface area contributed by atoms with Gasteiger partial charge in [0.15, 0.2) is 6.54 Å². The molecular weight excluding hydrogens is 433 g/mol. The molecular formula is C22H19ClF3N2O3+. The van der Waals surface area contributed by atoms with Crippen molar-refractivity contribution in [2.45, 2.75) is 32.5 Å². The van der Waals surface area contributed by atoms with Gasteiger partial charge in [-0.3, -0.25) is 14.9 Å². The first-order valence-corrected chi connectivity index (χ1v) is 9.90. The molecule has 0 bridgehead atoms. The highest BCUT2D eigenvalue weighted by atomic mass is 35.5. The van der Waals surface area contributed by atoms with Gasteiger partial charge in [0.05, 0.1) is 5.56 Å². The molecule has 0 saturated carbocycles. The zero-order chi connectivity index (χ0) is 22.6. The van der Waals surface area contributed by atoms with Crippen LogP contribution >= 0.6 is 11.6 Å². The quantitative estimate of drug-likeness (QED) is 0.385. The van der Waals surface area contributed by atoms with E-state index in [2.05, 4.69) is 0 Å². The number of nitrogens with one attached hydrogen (secondary N) is 1. The van der Waals surface area contributed by atoms with Crippen molar-refractivity contribution in [1.82, 2.24) is 0 Å². The number of oxazole rings is 1.